The quantitative estimate of drug-likeness (QED) is 0.761. The van der Waals surface area contributed by atoms with Crippen LogP contribution in [-0.2, 0) is 11.3 Å². The number of carboxylic acids is 1. The standard InChI is InChI=1S/C9H12N2O4/c1-11(5-8(12)13)9(14)10-4-7-2-3-15-6-7/h2-3,6H,4-5H2,1H3,(H,10,14)(H,12,13). The maximum atomic E-state index is 11.3. The summed E-state index contributed by atoms with van der Waals surface area (Å²) in [7, 11) is 1.42. The second kappa shape index (κ2) is 5.04. The smallest absolute Gasteiger partial charge is 0.323 e. The fourth-order valence-corrected chi connectivity index (χ4v) is 0.981. The fraction of sp³-hybridized carbons (Fsp3) is 0.333. The highest BCUT2D eigenvalue weighted by molar-refractivity contribution is 5.79. The van der Waals surface area contributed by atoms with Crippen LogP contribution in [0.5, 0.6) is 0 Å². The first kappa shape index (κ1) is 11.1. The molecule has 1 heterocycles. The van der Waals surface area contributed by atoms with Crippen LogP contribution in [-0.4, -0.2) is 35.6 Å². The van der Waals surface area contributed by atoms with E-state index in [0.717, 1.165) is 10.5 Å². The van der Waals surface area contributed by atoms with Crippen molar-refractivity contribution in [2.24, 2.45) is 0 Å². The van der Waals surface area contributed by atoms with Crippen LogP contribution in [0.3, 0.4) is 0 Å². The Bertz CT molecular complexity index is 334. The Balaban J connectivity index is 2.32. The molecule has 2 N–H and O–H groups in total. The van der Waals surface area contributed by atoms with Gasteiger partial charge in [0.05, 0.1) is 12.5 Å². The number of carbonyl (C=O) groups excluding carboxylic acids is 1. The molecular formula is C9H12N2O4. The lowest BCUT2D eigenvalue weighted by molar-refractivity contribution is -0.137. The van der Waals surface area contributed by atoms with Crippen molar-refractivity contribution in [3.63, 3.8) is 0 Å². The average Bonchev–Trinajstić information content (AvgIpc) is 2.65. The number of urea groups is 1. The molecule has 0 spiro atoms. The lowest BCUT2D eigenvalue weighted by Gasteiger charge is -2.14. The maximum Gasteiger partial charge on any atom is 0.323 e. The number of likely N-dealkylation sites (N-methyl/N-ethyl adjacent to an activating group) is 1. The van der Waals surface area contributed by atoms with Crippen molar-refractivity contribution in [3.05, 3.63) is 24.2 Å². The number of amides is 2. The maximum absolute atomic E-state index is 11.3. The van der Waals surface area contributed by atoms with Crippen molar-refractivity contribution in [1.82, 2.24) is 10.2 Å². The van der Waals surface area contributed by atoms with Crippen molar-refractivity contribution in [2.45, 2.75) is 6.54 Å². The summed E-state index contributed by atoms with van der Waals surface area (Å²) >= 11 is 0. The van der Waals surface area contributed by atoms with Crippen LogP contribution in [0.1, 0.15) is 5.56 Å². The van der Waals surface area contributed by atoms with E-state index in [1.165, 1.54) is 19.6 Å². The van der Waals surface area contributed by atoms with Gasteiger partial charge in [-0.3, -0.25) is 4.79 Å². The molecule has 0 saturated carbocycles. The van der Waals surface area contributed by atoms with Gasteiger partial charge in [0.2, 0.25) is 0 Å². The van der Waals surface area contributed by atoms with Crippen LogP contribution in [0.25, 0.3) is 0 Å². The van der Waals surface area contributed by atoms with Gasteiger partial charge < -0.3 is 19.7 Å². The molecule has 1 aromatic heterocycles. The van der Waals surface area contributed by atoms with Gasteiger partial charge in [0, 0.05) is 19.2 Å². The molecule has 0 aliphatic heterocycles. The Morgan fingerprint density at radius 3 is 2.87 bits per heavy atom. The predicted molar refractivity (Wildman–Crippen MR) is 51.2 cm³/mol. The zero-order valence-electron chi connectivity index (χ0n) is 8.27. The summed E-state index contributed by atoms with van der Waals surface area (Å²) in [6.45, 7) is -0.00346. The Morgan fingerprint density at radius 2 is 2.33 bits per heavy atom. The Kier molecular flexibility index (Phi) is 3.73. The normalized spacial score (nSPS) is 9.67. The van der Waals surface area contributed by atoms with Gasteiger partial charge in [-0.1, -0.05) is 0 Å². The molecule has 1 rings (SSSR count). The van der Waals surface area contributed by atoms with Crippen molar-refractivity contribution in [1.29, 1.82) is 0 Å². The topological polar surface area (TPSA) is 82.8 Å². The molecular weight excluding hydrogens is 200 g/mol. The SMILES string of the molecule is CN(CC(=O)O)C(=O)NCc1ccoc1. The lowest BCUT2D eigenvalue weighted by atomic mass is 10.3. The van der Waals surface area contributed by atoms with E-state index in [4.69, 9.17) is 9.52 Å². The highest BCUT2D eigenvalue weighted by Gasteiger charge is 2.11. The van der Waals surface area contributed by atoms with Crippen LogP contribution in [0.4, 0.5) is 4.79 Å². The van der Waals surface area contributed by atoms with Crippen LogP contribution >= 0.6 is 0 Å². The van der Waals surface area contributed by atoms with Crippen molar-refractivity contribution >= 4 is 12.0 Å². The summed E-state index contributed by atoms with van der Waals surface area (Å²) in [5, 5.41) is 11.0. The minimum absolute atomic E-state index is 0.319. The van der Waals surface area contributed by atoms with Crippen LogP contribution in [0, 0.1) is 0 Å². The second-order valence-electron chi connectivity index (χ2n) is 3.04. The van der Waals surface area contributed by atoms with Crippen molar-refractivity contribution in [2.75, 3.05) is 13.6 Å². The number of nitrogens with zero attached hydrogens (tertiary/aromatic N) is 1. The van der Waals surface area contributed by atoms with Crippen molar-refractivity contribution < 1.29 is 19.1 Å². The molecule has 0 bridgehead atoms. The summed E-state index contributed by atoms with van der Waals surface area (Å²) in [4.78, 5) is 22.7. The first-order chi connectivity index (χ1) is 7.09. The minimum atomic E-state index is -1.05. The first-order valence-electron chi connectivity index (χ1n) is 4.31. The van der Waals surface area contributed by atoms with E-state index in [0.29, 0.717) is 6.54 Å². The van der Waals surface area contributed by atoms with Gasteiger partial charge >= 0.3 is 12.0 Å². The van der Waals surface area contributed by atoms with Gasteiger partial charge in [0.15, 0.2) is 0 Å². The third-order valence-electron chi connectivity index (χ3n) is 1.74. The van der Waals surface area contributed by atoms with E-state index in [1.807, 2.05) is 0 Å². The number of carbonyl (C=O) groups is 2. The van der Waals surface area contributed by atoms with E-state index in [2.05, 4.69) is 5.32 Å². The summed E-state index contributed by atoms with van der Waals surface area (Å²) < 4.78 is 4.81. The van der Waals surface area contributed by atoms with Crippen LogP contribution in [0.15, 0.2) is 23.0 Å². The van der Waals surface area contributed by atoms with Crippen molar-refractivity contribution in [3.8, 4) is 0 Å². The summed E-state index contributed by atoms with van der Waals surface area (Å²) in [5.74, 6) is -1.05. The highest BCUT2D eigenvalue weighted by Crippen LogP contribution is 1.98. The zero-order valence-corrected chi connectivity index (χ0v) is 8.27. The zero-order chi connectivity index (χ0) is 11.3. The monoisotopic (exact) mass is 212 g/mol. The molecule has 0 aliphatic rings. The summed E-state index contributed by atoms with van der Waals surface area (Å²) in [6.07, 6.45) is 3.01. The molecule has 6 nitrogen and oxygen atoms in total. The molecule has 0 fully saturated rings. The minimum Gasteiger partial charge on any atom is -0.480 e. The number of furan rings is 1. The molecule has 15 heavy (non-hydrogen) atoms. The first-order valence-corrected chi connectivity index (χ1v) is 4.31. The summed E-state index contributed by atoms with van der Waals surface area (Å²) in [6, 6.07) is 1.29. The average molecular weight is 212 g/mol. The highest BCUT2D eigenvalue weighted by atomic mass is 16.4. The van der Waals surface area contributed by atoms with E-state index >= 15 is 0 Å². The molecule has 6 heteroatoms. The number of rotatable bonds is 4. The number of carboxylic acid groups (broad SMARTS) is 1. The van der Waals surface area contributed by atoms with Gasteiger partial charge in [-0.2, -0.15) is 0 Å². The number of hydrogen-bond acceptors (Lipinski definition) is 3. The lowest BCUT2D eigenvalue weighted by Crippen LogP contribution is -2.39. The largest absolute Gasteiger partial charge is 0.480 e. The Morgan fingerprint density at radius 1 is 1.60 bits per heavy atom. The molecule has 2 amide bonds. The fourth-order valence-electron chi connectivity index (χ4n) is 0.981. The van der Waals surface area contributed by atoms with Gasteiger partial charge in [-0.25, -0.2) is 4.79 Å². The molecule has 0 atom stereocenters. The number of aliphatic carboxylic acids is 1. The number of hydrogen-bond donors (Lipinski definition) is 2. The van der Waals surface area contributed by atoms with Crippen LogP contribution < -0.4 is 5.32 Å². The Hall–Kier alpha value is -1.98. The van der Waals surface area contributed by atoms with Crippen LogP contribution in [0.2, 0.25) is 0 Å². The molecule has 0 unspecified atom stereocenters. The van der Waals surface area contributed by atoms with E-state index in [9.17, 15) is 9.59 Å². The molecule has 1 aromatic rings. The molecule has 0 aromatic carbocycles. The summed E-state index contributed by atoms with van der Waals surface area (Å²) in [5.41, 5.74) is 0.826. The number of nitrogens with one attached hydrogen (secondary N) is 1. The molecule has 0 saturated heterocycles. The molecule has 82 valence electrons. The molecule has 0 aliphatic carbocycles. The van der Waals surface area contributed by atoms with Gasteiger partial charge in [0.1, 0.15) is 6.54 Å². The third kappa shape index (κ3) is 3.72. The molecule has 0 radical (unpaired) electrons. The predicted octanol–water partition coefficient (Wildman–Crippen LogP) is 0.506. The Labute approximate surface area is 86.5 Å². The third-order valence-corrected chi connectivity index (χ3v) is 1.74. The van der Waals surface area contributed by atoms with Gasteiger partial charge in [-0.15, -0.1) is 0 Å². The van der Waals surface area contributed by atoms with E-state index < -0.39 is 12.0 Å². The van der Waals surface area contributed by atoms with E-state index in [-0.39, 0.29) is 6.54 Å². The van der Waals surface area contributed by atoms with Gasteiger partial charge in [0.25, 0.3) is 0 Å². The second-order valence-corrected chi connectivity index (χ2v) is 3.04. The van der Waals surface area contributed by atoms with E-state index in [1.54, 1.807) is 6.07 Å². The van der Waals surface area contributed by atoms with Gasteiger partial charge in [-0.05, 0) is 6.07 Å².